The van der Waals surface area contributed by atoms with E-state index in [0.717, 1.165) is 58.7 Å². The highest BCUT2D eigenvalue weighted by Gasteiger charge is 2.21. The van der Waals surface area contributed by atoms with Crippen molar-refractivity contribution in [2.24, 2.45) is 5.16 Å². The predicted octanol–water partition coefficient (Wildman–Crippen LogP) is 8.00. The molecule has 0 amide bonds. The Balaban J connectivity index is 1.53. The Labute approximate surface area is 251 Å². The minimum atomic E-state index is -3.66. The lowest BCUT2D eigenvalue weighted by molar-refractivity contribution is -0.140. The quantitative estimate of drug-likeness (QED) is 0.0508. The maximum atomic E-state index is 13.6. The summed E-state index contributed by atoms with van der Waals surface area (Å²) >= 11 is 0. The molecule has 0 radical (unpaired) electrons. The largest absolute Gasteiger partial charge is 0.331 e. The van der Waals surface area contributed by atoms with E-state index < -0.39 is 15.8 Å². The highest BCUT2D eigenvalue weighted by atomic mass is 32.2. The number of ketones is 1. The number of rotatable bonds is 11. The Hall–Kier alpha value is -4.56. The number of carbonyl (C=O) groups excluding carboxylic acids is 2. The third-order valence-electron chi connectivity index (χ3n) is 7.48. The van der Waals surface area contributed by atoms with Crippen molar-refractivity contribution in [2.45, 2.75) is 62.7 Å². The average Bonchev–Trinajstić information content (AvgIpc) is 3.34. The van der Waals surface area contributed by atoms with Gasteiger partial charge in [0, 0.05) is 28.9 Å². The molecule has 0 unspecified atom stereocenters. The molecule has 8 heteroatoms. The molecule has 0 saturated heterocycles. The van der Waals surface area contributed by atoms with E-state index in [2.05, 4.69) is 16.6 Å². The third kappa shape index (κ3) is 6.29. The van der Waals surface area contributed by atoms with E-state index in [1.807, 2.05) is 43.3 Å². The van der Waals surface area contributed by atoms with E-state index in [0.29, 0.717) is 12.0 Å². The smallest absolute Gasteiger partial charge is 0.318 e. The first kappa shape index (κ1) is 29.9. The monoisotopic (exact) mass is 594 g/mol. The number of sulfone groups is 1. The van der Waals surface area contributed by atoms with Crippen LogP contribution in [0.5, 0.6) is 0 Å². The highest BCUT2D eigenvalue weighted by molar-refractivity contribution is 7.91. The molecule has 7 nitrogen and oxygen atoms in total. The van der Waals surface area contributed by atoms with Crippen molar-refractivity contribution in [3.05, 3.63) is 102 Å². The van der Waals surface area contributed by atoms with Crippen molar-refractivity contribution < 1.29 is 22.8 Å². The molecule has 43 heavy (non-hydrogen) atoms. The van der Waals surface area contributed by atoms with Crippen LogP contribution in [0, 0.1) is 6.92 Å². The van der Waals surface area contributed by atoms with Crippen LogP contribution in [-0.2, 0) is 19.5 Å². The van der Waals surface area contributed by atoms with Crippen molar-refractivity contribution in [3.63, 3.8) is 0 Å². The number of unbranched alkanes of at least 4 members (excludes halogenated alkanes) is 3. The first-order chi connectivity index (χ1) is 20.7. The van der Waals surface area contributed by atoms with Crippen LogP contribution in [0.1, 0.15) is 61.9 Å². The zero-order valence-corrected chi connectivity index (χ0v) is 25.4. The first-order valence-corrected chi connectivity index (χ1v) is 15.9. The summed E-state index contributed by atoms with van der Waals surface area (Å²) in [6.45, 7) is 5.29. The van der Waals surface area contributed by atoms with Gasteiger partial charge in [0.15, 0.2) is 0 Å². The van der Waals surface area contributed by atoms with Gasteiger partial charge in [0.1, 0.15) is 5.71 Å². The summed E-state index contributed by atoms with van der Waals surface area (Å²) in [5.41, 5.74) is 4.25. The molecule has 1 heterocycles. The van der Waals surface area contributed by atoms with E-state index in [9.17, 15) is 18.0 Å². The van der Waals surface area contributed by atoms with Crippen LogP contribution < -0.4 is 0 Å². The van der Waals surface area contributed by atoms with Crippen LogP contribution in [0.15, 0.2) is 106 Å². The summed E-state index contributed by atoms with van der Waals surface area (Å²) in [5, 5.41) is 5.73. The number of aryl methyl sites for hydroxylation is 1. The Morgan fingerprint density at radius 2 is 1.44 bits per heavy atom. The van der Waals surface area contributed by atoms with Crippen molar-refractivity contribution in [3.8, 4) is 5.69 Å². The zero-order valence-electron chi connectivity index (χ0n) is 24.5. The van der Waals surface area contributed by atoms with Gasteiger partial charge in [0.2, 0.25) is 15.6 Å². The summed E-state index contributed by atoms with van der Waals surface area (Å²) in [6, 6.07) is 27.0. The number of fused-ring (bicyclic) bond motifs is 3. The zero-order chi connectivity index (χ0) is 30.6. The van der Waals surface area contributed by atoms with E-state index in [-0.39, 0.29) is 21.3 Å². The summed E-state index contributed by atoms with van der Waals surface area (Å²) < 4.78 is 28.5. The normalized spacial score (nSPS) is 12.1. The van der Waals surface area contributed by atoms with Crippen LogP contribution >= 0.6 is 0 Å². The fourth-order valence-corrected chi connectivity index (χ4v) is 6.49. The average molecular weight is 595 g/mol. The van der Waals surface area contributed by atoms with E-state index in [1.165, 1.54) is 6.92 Å². The highest BCUT2D eigenvalue weighted by Crippen LogP contribution is 2.33. The maximum Gasteiger partial charge on any atom is 0.331 e. The molecule has 4 aromatic carbocycles. The van der Waals surface area contributed by atoms with Gasteiger partial charge < -0.3 is 9.40 Å². The second kappa shape index (κ2) is 12.8. The Morgan fingerprint density at radius 3 is 2.12 bits per heavy atom. The minimum Gasteiger partial charge on any atom is -0.318 e. The molecule has 0 aliphatic carbocycles. The molecule has 220 valence electrons. The molecule has 0 aliphatic heterocycles. The van der Waals surface area contributed by atoms with Gasteiger partial charge >= 0.3 is 5.97 Å². The number of hydrogen-bond donors (Lipinski definition) is 0. The number of oxime groups is 1. The Kier molecular flexibility index (Phi) is 8.87. The van der Waals surface area contributed by atoms with E-state index >= 15 is 0 Å². The molecule has 0 spiro atoms. The third-order valence-corrected chi connectivity index (χ3v) is 9.27. The van der Waals surface area contributed by atoms with Gasteiger partial charge in [-0.15, -0.1) is 0 Å². The van der Waals surface area contributed by atoms with Crippen molar-refractivity contribution >= 4 is 49.1 Å². The predicted molar refractivity (Wildman–Crippen MR) is 170 cm³/mol. The van der Waals surface area contributed by atoms with Gasteiger partial charge in [-0.3, -0.25) is 4.79 Å². The number of nitrogens with zero attached hydrogens (tertiary/aromatic N) is 2. The summed E-state index contributed by atoms with van der Waals surface area (Å²) in [6.07, 6.45) is 4.27. The van der Waals surface area contributed by atoms with E-state index in [1.54, 1.807) is 54.6 Å². The molecule has 5 rings (SSSR count). The van der Waals surface area contributed by atoms with Gasteiger partial charge in [-0.1, -0.05) is 67.2 Å². The molecule has 0 saturated carbocycles. The van der Waals surface area contributed by atoms with Gasteiger partial charge in [-0.05, 0) is 80.4 Å². The number of Topliss-reactive ketones (excluding diaryl/α,β-unsaturated/α-hetero) is 1. The Morgan fingerprint density at radius 1 is 0.791 bits per heavy atom. The van der Waals surface area contributed by atoms with Crippen molar-refractivity contribution in [1.82, 2.24) is 4.57 Å². The van der Waals surface area contributed by atoms with Crippen LogP contribution in [0.4, 0.5) is 0 Å². The van der Waals surface area contributed by atoms with Crippen LogP contribution in [0.3, 0.4) is 0 Å². The van der Waals surface area contributed by atoms with Gasteiger partial charge in [0.05, 0.1) is 20.8 Å². The van der Waals surface area contributed by atoms with Crippen LogP contribution in [-0.4, -0.2) is 30.4 Å². The number of carbonyl (C=O) groups is 2. The van der Waals surface area contributed by atoms with Crippen molar-refractivity contribution in [2.75, 3.05) is 0 Å². The molecule has 0 fully saturated rings. The van der Waals surface area contributed by atoms with Crippen molar-refractivity contribution in [1.29, 1.82) is 0 Å². The fourth-order valence-electron chi connectivity index (χ4n) is 5.23. The Bertz CT molecular complexity index is 1940. The molecule has 0 bridgehead atoms. The molecular formula is C35H34N2O5S. The minimum absolute atomic E-state index is 0.215. The molecule has 0 aliphatic rings. The van der Waals surface area contributed by atoms with E-state index in [4.69, 9.17) is 4.84 Å². The summed E-state index contributed by atoms with van der Waals surface area (Å²) in [7, 11) is -3.66. The number of hydrogen-bond acceptors (Lipinski definition) is 6. The molecule has 0 atom stereocenters. The summed E-state index contributed by atoms with van der Waals surface area (Å²) in [4.78, 5) is 30.3. The lowest BCUT2D eigenvalue weighted by Gasteiger charge is -2.10. The molecule has 0 N–H and O–H groups in total. The molecule has 5 aromatic rings. The van der Waals surface area contributed by atoms with Gasteiger partial charge in [0.25, 0.3) is 0 Å². The number of benzene rings is 4. The first-order valence-electron chi connectivity index (χ1n) is 14.4. The van der Waals surface area contributed by atoms with Crippen LogP contribution in [0.25, 0.3) is 27.5 Å². The maximum absolute atomic E-state index is 13.6. The number of aromatic nitrogens is 1. The number of para-hydroxylation sites is 1. The van der Waals surface area contributed by atoms with Gasteiger partial charge in [-0.2, -0.15) is 0 Å². The summed E-state index contributed by atoms with van der Waals surface area (Å²) in [5.74, 6) is -0.850. The lowest BCUT2D eigenvalue weighted by Crippen LogP contribution is -2.16. The van der Waals surface area contributed by atoms with Gasteiger partial charge in [-0.25, -0.2) is 13.2 Å². The van der Waals surface area contributed by atoms with Crippen LogP contribution in [0.2, 0.25) is 0 Å². The SMILES string of the molecule is CCCCCCC(=NOC(C)=O)C(=O)c1ccc2c(c1)c1ccccc1n2-c1ccc(S(=O)(=O)c2ccc(C)cc2)cc1. The standard InChI is InChI=1S/C35H34N2O5S/c1-4-5-6-7-11-32(36-42-25(3)38)35(39)26-15-22-34-31(23-26)30-10-8-9-12-33(30)37(34)27-16-20-29(21-17-27)43(40,41)28-18-13-24(2)14-19-28/h8-10,12-23H,4-7,11H2,1-3H3. The lowest BCUT2D eigenvalue weighted by atomic mass is 10.00. The molecule has 1 aromatic heterocycles. The molecular weight excluding hydrogens is 560 g/mol. The second-order valence-electron chi connectivity index (χ2n) is 10.7. The fraction of sp³-hybridized carbons (Fsp3) is 0.229. The topological polar surface area (TPSA) is 94.8 Å². The second-order valence-corrected chi connectivity index (χ2v) is 12.6.